The van der Waals surface area contributed by atoms with Gasteiger partial charge in [-0.2, -0.15) is 9.68 Å². The molecule has 0 bridgehead atoms. The van der Waals surface area contributed by atoms with Crippen LogP contribution in [0.1, 0.15) is 103 Å². The van der Waals surface area contributed by atoms with Gasteiger partial charge in [0.05, 0.1) is 20.3 Å². The van der Waals surface area contributed by atoms with E-state index in [-0.39, 0.29) is 18.0 Å². The number of aliphatic hydroxyl groups excluding tert-OH is 2. The Morgan fingerprint density at radius 2 is 0.963 bits per heavy atom. The number of quaternary nitrogens is 1. The van der Waals surface area contributed by atoms with Crippen molar-refractivity contribution in [2.24, 2.45) is 0 Å². The van der Waals surface area contributed by atoms with Gasteiger partial charge in [0, 0.05) is 0 Å². The lowest BCUT2D eigenvalue weighted by atomic mass is 10.0. The van der Waals surface area contributed by atoms with Crippen molar-refractivity contribution in [1.82, 2.24) is 0 Å². The number of hydrogen-bond donors (Lipinski definition) is 2. The van der Waals surface area contributed by atoms with E-state index >= 15 is 0 Å². The summed E-state index contributed by atoms with van der Waals surface area (Å²) in [7, 11) is 1.55. The first-order chi connectivity index (χ1) is 13.2. The molecule has 0 saturated heterocycles. The number of rotatable bonds is 22. The third-order valence-corrected chi connectivity index (χ3v) is 5.29. The van der Waals surface area contributed by atoms with Crippen molar-refractivity contribution < 1.29 is 24.7 Å². The van der Waals surface area contributed by atoms with Gasteiger partial charge in [0.25, 0.3) is 0 Å². The summed E-state index contributed by atoms with van der Waals surface area (Å²) in [6, 6.07) is 0. The quantitative estimate of drug-likeness (QED) is 0.152. The monoisotopic (exact) mass is 390 g/mol. The fourth-order valence-corrected chi connectivity index (χ4v) is 3.49. The van der Waals surface area contributed by atoms with Crippen LogP contribution in [0.2, 0.25) is 0 Å². The van der Waals surface area contributed by atoms with Gasteiger partial charge < -0.3 is 10.2 Å². The van der Waals surface area contributed by atoms with Crippen LogP contribution in [0.15, 0.2) is 0 Å². The Hall–Kier alpha value is -0.200. The summed E-state index contributed by atoms with van der Waals surface area (Å²) in [5, 5.41) is 18.3. The van der Waals surface area contributed by atoms with Gasteiger partial charge in [0.1, 0.15) is 6.61 Å². The smallest absolute Gasteiger partial charge is 0.165 e. The molecule has 5 heteroatoms. The summed E-state index contributed by atoms with van der Waals surface area (Å²) in [5.41, 5.74) is 0. The highest BCUT2D eigenvalue weighted by atomic mass is 17.0. The van der Waals surface area contributed by atoms with E-state index in [1.54, 1.807) is 7.11 Å². The van der Waals surface area contributed by atoms with Crippen molar-refractivity contribution in [3.63, 3.8) is 0 Å². The maximum Gasteiger partial charge on any atom is 0.165 e. The summed E-state index contributed by atoms with van der Waals surface area (Å²) in [6.07, 6.45) is 20.2. The Labute approximate surface area is 168 Å². The highest BCUT2D eigenvalue weighted by molar-refractivity contribution is 4.49. The maximum atomic E-state index is 9.14. The molecule has 0 spiro atoms. The second-order valence-corrected chi connectivity index (χ2v) is 7.67. The van der Waals surface area contributed by atoms with Crippen molar-refractivity contribution in [2.45, 2.75) is 103 Å². The van der Waals surface area contributed by atoms with Gasteiger partial charge >= 0.3 is 0 Å². The molecule has 0 amide bonds. The summed E-state index contributed by atoms with van der Waals surface area (Å²) in [4.78, 5) is 11.0. The zero-order chi connectivity index (χ0) is 20.1. The maximum absolute atomic E-state index is 9.14. The van der Waals surface area contributed by atoms with Crippen LogP contribution in [0.4, 0.5) is 0 Å². The Morgan fingerprint density at radius 3 is 1.30 bits per heavy atom. The Kier molecular flexibility index (Phi) is 20.4. The molecule has 5 nitrogen and oxygen atoms in total. The molecule has 0 radical (unpaired) electrons. The summed E-state index contributed by atoms with van der Waals surface area (Å²) < 4.78 is 0. The first kappa shape index (κ1) is 26.8. The van der Waals surface area contributed by atoms with E-state index in [9.17, 15) is 0 Å². The van der Waals surface area contributed by atoms with Crippen LogP contribution < -0.4 is 0 Å². The molecular formula is C22H48NO4+. The molecule has 27 heavy (non-hydrogen) atoms. The molecule has 0 rings (SSSR count). The molecule has 0 heterocycles. The molecule has 0 atom stereocenters. The fraction of sp³-hybridized carbons (Fsp3) is 1.00. The summed E-state index contributed by atoms with van der Waals surface area (Å²) in [5.74, 6) is 0. The molecule has 0 aromatic rings. The predicted molar refractivity (Wildman–Crippen MR) is 112 cm³/mol. The van der Waals surface area contributed by atoms with Gasteiger partial charge in [-0.15, -0.1) is 0 Å². The van der Waals surface area contributed by atoms with E-state index in [0.717, 1.165) is 6.42 Å². The van der Waals surface area contributed by atoms with Crippen LogP contribution in [-0.2, 0) is 9.68 Å². The largest absolute Gasteiger partial charge is 0.390 e. The third kappa shape index (κ3) is 16.5. The molecule has 2 N–H and O–H groups in total. The van der Waals surface area contributed by atoms with Gasteiger partial charge in [-0.05, 0) is 11.2 Å². The van der Waals surface area contributed by atoms with Crippen LogP contribution in [0.5, 0.6) is 0 Å². The van der Waals surface area contributed by atoms with E-state index in [0.29, 0.717) is 19.7 Å². The highest BCUT2D eigenvalue weighted by Crippen LogP contribution is 2.14. The SMILES string of the molecule is CCCCCCCCCCCCCCCCCO[N+](CCO)(CCO)OC. The van der Waals surface area contributed by atoms with E-state index in [4.69, 9.17) is 19.9 Å². The number of hydroxylamine groups is 4. The lowest BCUT2D eigenvalue weighted by molar-refractivity contribution is -1.24. The number of unbranched alkanes of at least 4 members (excludes halogenated alkanes) is 14. The first-order valence-corrected chi connectivity index (χ1v) is 11.5. The number of aliphatic hydroxyl groups is 2. The second-order valence-electron chi connectivity index (χ2n) is 7.67. The van der Waals surface area contributed by atoms with Crippen molar-refractivity contribution in [2.75, 3.05) is 40.0 Å². The van der Waals surface area contributed by atoms with Crippen LogP contribution in [-0.4, -0.2) is 55.0 Å². The minimum Gasteiger partial charge on any atom is -0.390 e. The fourth-order valence-electron chi connectivity index (χ4n) is 3.49. The Balaban J connectivity index is 3.37. The van der Waals surface area contributed by atoms with Crippen LogP contribution in [0.25, 0.3) is 0 Å². The lowest BCUT2D eigenvalue weighted by Gasteiger charge is -2.30. The molecule has 0 fully saturated rings. The van der Waals surface area contributed by atoms with Gasteiger partial charge in [-0.1, -0.05) is 96.8 Å². The molecule has 164 valence electrons. The van der Waals surface area contributed by atoms with Crippen molar-refractivity contribution in [3.05, 3.63) is 0 Å². The van der Waals surface area contributed by atoms with E-state index in [1.807, 2.05) is 0 Å². The summed E-state index contributed by atoms with van der Waals surface area (Å²) in [6.45, 7) is 3.52. The number of hydrogen-bond acceptors (Lipinski definition) is 4. The third-order valence-electron chi connectivity index (χ3n) is 5.29. The van der Waals surface area contributed by atoms with Crippen LogP contribution in [0.3, 0.4) is 0 Å². The molecule has 0 aliphatic carbocycles. The minimum absolute atomic E-state index is 0.0211. The van der Waals surface area contributed by atoms with Gasteiger partial charge in [-0.3, -0.25) is 0 Å². The highest BCUT2D eigenvalue weighted by Gasteiger charge is 2.29. The van der Waals surface area contributed by atoms with Crippen molar-refractivity contribution in [3.8, 4) is 0 Å². The van der Waals surface area contributed by atoms with E-state index in [1.165, 1.54) is 89.9 Å². The molecule has 0 aliphatic heterocycles. The van der Waals surface area contributed by atoms with Gasteiger partial charge in [0.2, 0.25) is 0 Å². The molecule has 0 aromatic carbocycles. The molecular weight excluding hydrogens is 342 g/mol. The van der Waals surface area contributed by atoms with Crippen molar-refractivity contribution in [1.29, 1.82) is 0 Å². The second kappa shape index (κ2) is 20.5. The Morgan fingerprint density at radius 1 is 0.593 bits per heavy atom. The average Bonchev–Trinajstić information content (AvgIpc) is 2.68. The Bertz CT molecular complexity index is 283. The number of nitrogens with zero attached hydrogens (tertiary/aromatic N) is 1. The topological polar surface area (TPSA) is 58.9 Å². The van der Waals surface area contributed by atoms with E-state index in [2.05, 4.69) is 6.92 Å². The molecule has 0 aliphatic rings. The van der Waals surface area contributed by atoms with E-state index < -0.39 is 0 Å². The van der Waals surface area contributed by atoms with Crippen LogP contribution >= 0.6 is 0 Å². The average molecular weight is 391 g/mol. The van der Waals surface area contributed by atoms with Crippen molar-refractivity contribution >= 4 is 0 Å². The van der Waals surface area contributed by atoms with Crippen LogP contribution in [0, 0.1) is 0 Å². The molecule has 0 aromatic heterocycles. The minimum atomic E-state index is -0.119. The normalized spacial score (nSPS) is 12.0. The first-order valence-electron chi connectivity index (χ1n) is 11.5. The lowest BCUT2D eigenvalue weighted by Crippen LogP contribution is -2.50. The zero-order valence-electron chi connectivity index (χ0n) is 18.3. The predicted octanol–water partition coefficient (Wildman–Crippen LogP) is 5.15. The zero-order valence-corrected chi connectivity index (χ0v) is 18.3. The summed E-state index contributed by atoms with van der Waals surface area (Å²) >= 11 is 0. The van der Waals surface area contributed by atoms with Gasteiger partial charge in [0.15, 0.2) is 13.1 Å². The van der Waals surface area contributed by atoms with Gasteiger partial charge in [-0.25, -0.2) is 0 Å². The molecule has 0 unspecified atom stereocenters. The molecule has 0 saturated carbocycles. The standard InChI is InChI=1S/C22H48NO4/c1-3-4-5-6-7-8-9-10-11-12-13-14-15-16-17-22-27-23(26-2,18-20-24)19-21-25/h24-25H,3-22H2,1-2H3/q+1.